The molecular formula is C16H22ClN3S. The lowest BCUT2D eigenvalue weighted by molar-refractivity contribution is 0.509. The maximum atomic E-state index is 6.43. The van der Waals surface area contributed by atoms with Gasteiger partial charge >= 0.3 is 0 Å². The zero-order valence-electron chi connectivity index (χ0n) is 12.7. The normalized spacial score (nSPS) is 18.0. The molecule has 2 aromatic heterocycles. The number of rotatable bonds is 5. The van der Waals surface area contributed by atoms with Crippen LogP contribution in [0.2, 0.25) is 5.15 Å². The Labute approximate surface area is 135 Å². The SMILES string of the molecule is CCCCCNc1nc(Cl)c2c3c(sc2n1)CC(C)CC3. The minimum atomic E-state index is 0.616. The number of hydrogen-bond donors (Lipinski definition) is 1. The first kappa shape index (κ1) is 15.0. The van der Waals surface area contributed by atoms with Gasteiger partial charge in [-0.15, -0.1) is 11.3 Å². The molecule has 0 saturated carbocycles. The molecule has 0 aliphatic heterocycles. The van der Waals surface area contributed by atoms with E-state index in [0.29, 0.717) is 11.1 Å². The molecule has 21 heavy (non-hydrogen) atoms. The van der Waals surface area contributed by atoms with Crippen molar-refractivity contribution in [2.24, 2.45) is 5.92 Å². The number of nitrogens with zero attached hydrogens (tertiary/aromatic N) is 2. The first-order valence-corrected chi connectivity index (χ1v) is 9.10. The molecule has 2 aromatic rings. The van der Waals surface area contributed by atoms with Crippen molar-refractivity contribution in [2.45, 2.75) is 52.4 Å². The molecule has 0 spiro atoms. The Morgan fingerprint density at radius 1 is 1.33 bits per heavy atom. The van der Waals surface area contributed by atoms with Crippen LogP contribution in [0, 0.1) is 5.92 Å². The molecule has 2 heterocycles. The molecule has 0 bridgehead atoms. The van der Waals surface area contributed by atoms with E-state index in [2.05, 4.69) is 29.1 Å². The smallest absolute Gasteiger partial charge is 0.225 e. The average molecular weight is 324 g/mol. The maximum Gasteiger partial charge on any atom is 0.225 e. The number of nitrogens with one attached hydrogen (secondary N) is 1. The van der Waals surface area contributed by atoms with Crippen LogP contribution in [0.3, 0.4) is 0 Å². The van der Waals surface area contributed by atoms with E-state index in [-0.39, 0.29) is 0 Å². The van der Waals surface area contributed by atoms with Crippen LogP contribution >= 0.6 is 22.9 Å². The van der Waals surface area contributed by atoms with E-state index in [1.165, 1.54) is 29.7 Å². The Kier molecular flexibility index (Phi) is 4.65. The predicted octanol–water partition coefficient (Wildman–Crippen LogP) is 5.07. The maximum absolute atomic E-state index is 6.43. The third kappa shape index (κ3) is 3.16. The van der Waals surface area contributed by atoms with Gasteiger partial charge in [-0.05, 0) is 37.2 Å². The molecule has 3 nitrogen and oxygen atoms in total. The molecule has 0 saturated heterocycles. The Morgan fingerprint density at radius 3 is 3.00 bits per heavy atom. The van der Waals surface area contributed by atoms with Crippen molar-refractivity contribution in [3.05, 3.63) is 15.6 Å². The van der Waals surface area contributed by atoms with E-state index >= 15 is 0 Å². The van der Waals surface area contributed by atoms with Gasteiger partial charge in [0.2, 0.25) is 5.95 Å². The lowest BCUT2D eigenvalue weighted by Gasteiger charge is -2.17. The summed E-state index contributed by atoms with van der Waals surface area (Å²) in [6, 6.07) is 0. The summed E-state index contributed by atoms with van der Waals surface area (Å²) in [5, 5.41) is 5.02. The molecule has 0 fully saturated rings. The number of halogens is 1. The Bertz CT molecular complexity index is 638. The second kappa shape index (κ2) is 6.49. The second-order valence-corrected chi connectivity index (χ2v) is 7.45. The van der Waals surface area contributed by atoms with Gasteiger partial charge in [0.25, 0.3) is 0 Å². The number of thiophene rings is 1. The highest BCUT2D eigenvalue weighted by Crippen LogP contribution is 2.40. The van der Waals surface area contributed by atoms with Gasteiger partial charge in [-0.2, -0.15) is 0 Å². The van der Waals surface area contributed by atoms with Crippen LogP contribution in [0.15, 0.2) is 0 Å². The molecule has 114 valence electrons. The summed E-state index contributed by atoms with van der Waals surface area (Å²) in [6.07, 6.45) is 7.11. The number of aromatic nitrogens is 2. The van der Waals surface area contributed by atoms with Gasteiger partial charge in [0.1, 0.15) is 9.98 Å². The lowest BCUT2D eigenvalue weighted by atomic mass is 9.89. The van der Waals surface area contributed by atoms with Crippen LogP contribution in [0.4, 0.5) is 5.95 Å². The van der Waals surface area contributed by atoms with Crippen molar-refractivity contribution in [3.63, 3.8) is 0 Å². The molecule has 1 aliphatic carbocycles. The molecule has 1 aliphatic rings. The van der Waals surface area contributed by atoms with Crippen LogP contribution in [-0.2, 0) is 12.8 Å². The number of hydrogen-bond acceptors (Lipinski definition) is 4. The summed E-state index contributed by atoms with van der Waals surface area (Å²) in [6.45, 7) is 5.44. The molecule has 3 rings (SSSR count). The highest BCUT2D eigenvalue weighted by Gasteiger charge is 2.23. The topological polar surface area (TPSA) is 37.8 Å². The van der Waals surface area contributed by atoms with Gasteiger partial charge < -0.3 is 5.32 Å². The summed E-state index contributed by atoms with van der Waals surface area (Å²) in [5.41, 5.74) is 1.40. The van der Waals surface area contributed by atoms with Gasteiger partial charge in [0.05, 0.1) is 5.39 Å². The number of anilines is 1. The monoisotopic (exact) mass is 323 g/mol. The fourth-order valence-corrected chi connectivity index (χ4v) is 4.67. The fraction of sp³-hybridized carbons (Fsp3) is 0.625. The molecule has 5 heteroatoms. The van der Waals surface area contributed by atoms with E-state index in [0.717, 1.165) is 41.9 Å². The first-order valence-electron chi connectivity index (χ1n) is 7.90. The number of fused-ring (bicyclic) bond motifs is 3. The minimum Gasteiger partial charge on any atom is -0.354 e. The van der Waals surface area contributed by atoms with Crippen molar-refractivity contribution < 1.29 is 0 Å². The Morgan fingerprint density at radius 2 is 2.19 bits per heavy atom. The number of aryl methyl sites for hydroxylation is 1. The second-order valence-electron chi connectivity index (χ2n) is 6.00. The summed E-state index contributed by atoms with van der Waals surface area (Å²) in [5.74, 6) is 1.44. The summed E-state index contributed by atoms with van der Waals surface area (Å²) in [4.78, 5) is 11.6. The van der Waals surface area contributed by atoms with Crippen molar-refractivity contribution in [2.75, 3.05) is 11.9 Å². The third-order valence-electron chi connectivity index (χ3n) is 4.17. The van der Waals surface area contributed by atoms with Gasteiger partial charge in [0, 0.05) is 11.4 Å². The lowest BCUT2D eigenvalue weighted by Crippen LogP contribution is -2.09. The zero-order chi connectivity index (χ0) is 14.8. The summed E-state index contributed by atoms with van der Waals surface area (Å²) >= 11 is 8.23. The van der Waals surface area contributed by atoms with Gasteiger partial charge in [0.15, 0.2) is 0 Å². The minimum absolute atomic E-state index is 0.616. The van der Waals surface area contributed by atoms with Crippen LogP contribution in [-0.4, -0.2) is 16.5 Å². The van der Waals surface area contributed by atoms with E-state index in [1.807, 2.05) is 0 Å². The standard InChI is InChI=1S/C16H22ClN3S/c1-3-4-5-8-18-16-19-14(17)13-11-7-6-10(2)9-12(11)21-15(13)20-16/h10H,3-9H2,1-2H3,(H,18,19,20). The highest BCUT2D eigenvalue weighted by atomic mass is 35.5. The quantitative estimate of drug-likeness (QED) is 0.616. The van der Waals surface area contributed by atoms with E-state index in [4.69, 9.17) is 11.6 Å². The van der Waals surface area contributed by atoms with Crippen LogP contribution in [0.25, 0.3) is 10.2 Å². The van der Waals surface area contributed by atoms with Gasteiger partial charge in [-0.1, -0.05) is 38.3 Å². The van der Waals surface area contributed by atoms with Crippen LogP contribution in [0.1, 0.15) is 50.0 Å². The van der Waals surface area contributed by atoms with E-state index in [9.17, 15) is 0 Å². The van der Waals surface area contributed by atoms with Crippen LogP contribution < -0.4 is 5.32 Å². The van der Waals surface area contributed by atoms with Crippen molar-refractivity contribution in [1.29, 1.82) is 0 Å². The highest BCUT2D eigenvalue weighted by molar-refractivity contribution is 7.19. The van der Waals surface area contributed by atoms with Crippen molar-refractivity contribution in [3.8, 4) is 0 Å². The van der Waals surface area contributed by atoms with Crippen LogP contribution in [0.5, 0.6) is 0 Å². The Hall–Kier alpha value is -0.870. The molecule has 0 amide bonds. The Balaban J connectivity index is 1.86. The average Bonchev–Trinajstić information content (AvgIpc) is 2.81. The largest absolute Gasteiger partial charge is 0.354 e. The number of unbranched alkanes of at least 4 members (excludes halogenated alkanes) is 2. The van der Waals surface area contributed by atoms with E-state index in [1.54, 1.807) is 11.3 Å². The molecular weight excluding hydrogens is 302 g/mol. The third-order valence-corrected chi connectivity index (χ3v) is 5.60. The summed E-state index contributed by atoms with van der Waals surface area (Å²) < 4.78 is 0. The zero-order valence-corrected chi connectivity index (χ0v) is 14.3. The van der Waals surface area contributed by atoms with E-state index < -0.39 is 0 Å². The predicted molar refractivity (Wildman–Crippen MR) is 91.6 cm³/mol. The molecule has 1 unspecified atom stereocenters. The molecule has 1 N–H and O–H groups in total. The van der Waals surface area contributed by atoms with Gasteiger partial charge in [-0.3, -0.25) is 0 Å². The van der Waals surface area contributed by atoms with Crippen molar-refractivity contribution >= 4 is 39.1 Å². The molecule has 1 atom stereocenters. The van der Waals surface area contributed by atoms with Gasteiger partial charge in [-0.25, -0.2) is 9.97 Å². The fourth-order valence-electron chi connectivity index (χ4n) is 2.95. The summed E-state index contributed by atoms with van der Waals surface area (Å²) in [7, 11) is 0. The van der Waals surface area contributed by atoms with Crippen molar-refractivity contribution in [1.82, 2.24) is 9.97 Å². The molecule has 0 aromatic carbocycles. The first-order chi connectivity index (χ1) is 10.2. The molecule has 0 radical (unpaired) electrons.